The van der Waals surface area contributed by atoms with Crippen molar-refractivity contribution in [3.63, 3.8) is 0 Å². The second-order valence-corrected chi connectivity index (χ2v) is 8.18. The maximum absolute atomic E-state index is 13.2. The number of nitro groups is 1. The smallest absolute Gasteiger partial charge is 0.256 e. The van der Waals surface area contributed by atoms with Crippen LogP contribution in [0.15, 0.2) is 59.6 Å². The van der Waals surface area contributed by atoms with Gasteiger partial charge in [0.15, 0.2) is 5.54 Å². The zero-order chi connectivity index (χ0) is 20.8. The largest absolute Gasteiger partial charge is 0.489 e. The average Bonchev–Trinajstić information content (AvgIpc) is 3.16. The Morgan fingerprint density at radius 1 is 1.41 bits per heavy atom. The molecule has 3 atom stereocenters. The van der Waals surface area contributed by atoms with Crippen molar-refractivity contribution in [3.05, 3.63) is 80.8 Å². The summed E-state index contributed by atoms with van der Waals surface area (Å²) in [6, 6.07) is 11.5. The highest BCUT2D eigenvalue weighted by Gasteiger charge is 2.68. The van der Waals surface area contributed by atoms with Crippen molar-refractivity contribution < 1.29 is 14.5 Å². The number of fused-ring (bicyclic) bond motifs is 2. The summed E-state index contributed by atoms with van der Waals surface area (Å²) in [5.74, 6) is -0.347. The Kier molecular flexibility index (Phi) is 4.92. The van der Waals surface area contributed by atoms with Gasteiger partial charge in [-0.25, -0.2) is 0 Å². The molecule has 1 amide bonds. The molecule has 0 aromatic heterocycles. The lowest BCUT2D eigenvalue weighted by molar-refractivity contribution is -0.534. The van der Waals surface area contributed by atoms with Crippen LogP contribution in [0.5, 0.6) is 5.75 Å². The number of benzene rings is 2. The topological polar surface area (TPSA) is 84.7 Å². The van der Waals surface area contributed by atoms with Gasteiger partial charge >= 0.3 is 0 Å². The maximum atomic E-state index is 13.2. The highest BCUT2D eigenvalue weighted by atomic mass is 79.9. The third-order valence-corrected chi connectivity index (χ3v) is 6.26. The normalized spacial score (nSPS) is 25.7. The lowest BCUT2D eigenvalue weighted by Gasteiger charge is -2.30. The van der Waals surface area contributed by atoms with Crippen molar-refractivity contribution in [3.8, 4) is 5.75 Å². The van der Waals surface area contributed by atoms with Crippen LogP contribution < -0.4 is 10.1 Å². The molecule has 1 N–H and O–H groups in total. The van der Waals surface area contributed by atoms with E-state index in [4.69, 9.17) is 4.74 Å². The second-order valence-electron chi connectivity index (χ2n) is 7.27. The minimum Gasteiger partial charge on any atom is -0.489 e. The zero-order valence-electron chi connectivity index (χ0n) is 15.8. The molecule has 7 nitrogen and oxygen atoms in total. The molecule has 4 rings (SSSR count). The molecule has 0 radical (unpaired) electrons. The van der Waals surface area contributed by atoms with Gasteiger partial charge in [-0.3, -0.25) is 19.8 Å². The molecule has 1 saturated heterocycles. The number of halogens is 1. The Bertz CT molecular complexity index is 1010. The first-order valence-corrected chi connectivity index (χ1v) is 9.99. The Balaban J connectivity index is 1.89. The lowest BCUT2D eigenvalue weighted by atomic mass is 9.79. The predicted molar refractivity (Wildman–Crippen MR) is 113 cm³/mol. The molecule has 2 heterocycles. The summed E-state index contributed by atoms with van der Waals surface area (Å²) in [5.41, 5.74) is 0.585. The fourth-order valence-electron chi connectivity index (χ4n) is 4.65. The molecule has 2 aliphatic rings. The fourth-order valence-corrected chi connectivity index (χ4v) is 5.03. The molecule has 0 saturated carbocycles. The minimum absolute atomic E-state index is 0.286. The van der Waals surface area contributed by atoms with Gasteiger partial charge in [0.1, 0.15) is 12.4 Å². The third kappa shape index (κ3) is 2.86. The molecule has 1 fully saturated rings. The number of hydrogen-bond donors (Lipinski definition) is 1. The van der Waals surface area contributed by atoms with Crippen molar-refractivity contribution in [1.82, 2.24) is 4.90 Å². The van der Waals surface area contributed by atoms with E-state index < -0.39 is 17.5 Å². The number of likely N-dealkylation sites (N-methyl/N-ethyl adjacent to an activating group) is 1. The molecule has 8 heteroatoms. The molecule has 0 bridgehead atoms. The van der Waals surface area contributed by atoms with E-state index in [1.165, 1.54) is 0 Å². The first-order valence-electron chi connectivity index (χ1n) is 9.20. The number of hydrogen-bond acceptors (Lipinski definition) is 5. The van der Waals surface area contributed by atoms with Gasteiger partial charge in [0.2, 0.25) is 0 Å². The van der Waals surface area contributed by atoms with E-state index in [2.05, 4.69) is 27.8 Å². The van der Waals surface area contributed by atoms with Crippen molar-refractivity contribution in [2.45, 2.75) is 17.5 Å². The van der Waals surface area contributed by atoms with E-state index in [0.29, 0.717) is 29.1 Å². The van der Waals surface area contributed by atoms with Gasteiger partial charge in [-0.1, -0.05) is 46.8 Å². The number of carbonyl (C=O) groups is 1. The summed E-state index contributed by atoms with van der Waals surface area (Å²) in [6.45, 7) is 4.29. The quantitative estimate of drug-likeness (QED) is 0.421. The minimum atomic E-state index is -1.37. The molecular formula is C21H20BrN3O4. The molecular weight excluding hydrogens is 438 g/mol. The van der Waals surface area contributed by atoms with Crippen LogP contribution in [0, 0.1) is 10.1 Å². The molecule has 0 unspecified atom stereocenters. The highest BCUT2D eigenvalue weighted by Crippen LogP contribution is 2.53. The Hall–Kier alpha value is -2.71. The highest BCUT2D eigenvalue weighted by molar-refractivity contribution is 9.10. The molecule has 0 aliphatic carbocycles. The van der Waals surface area contributed by atoms with Gasteiger partial charge < -0.3 is 10.1 Å². The number of rotatable bonds is 5. The van der Waals surface area contributed by atoms with Crippen molar-refractivity contribution >= 4 is 27.5 Å². The first kappa shape index (κ1) is 19.6. The zero-order valence-corrected chi connectivity index (χ0v) is 17.4. The molecule has 2 aromatic carbocycles. The van der Waals surface area contributed by atoms with Crippen LogP contribution in [0.25, 0.3) is 0 Å². The number of carbonyl (C=O) groups excluding carboxylic acids is 1. The Morgan fingerprint density at radius 2 is 2.17 bits per heavy atom. The fraction of sp³-hybridized carbons (Fsp3) is 0.286. The van der Waals surface area contributed by atoms with Gasteiger partial charge in [0.25, 0.3) is 11.9 Å². The molecule has 1 spiro atoms. The van der Waals surface area contributed by atoms with E-state index in [-0.39, 0.29) is 17.4 Å². The van der Waals surface area contributed by atoms with E-state index in [0.717, 1.165) is 4.47 Å². The van der Waals surface area contributed by atoms with E-state index in [1.807, 2.05) is 12.1 Å². The summed E-state index contributed by atoms with van der Waals surface area (Å²) in [4.78, 5) is 27.0. The standard InChI is InChI=1S/C21H20BrN3O4/c1-3-10-29-18-9-8-13(22)11-14(18)15-12-24(2)21(19(15)25(27)28)16-6-4-5-7-17(16)23-20(21)26/h3-9,11,15,19H,1,10,12H2,2H3,(H,23,26)/t15-,19-,21-/m0/s1. The summed E-state index contributed by atoms with van der Waals surface area (Å²) in [5, 5.41) is 15.2. The van der Waals surface area contributed by atoms with E-state index >= 15 is 0 Å². The van der Waals surface area contributed by atoms with Crippen LogP contribution in [-0.4, -0.2) is 42.0 Å². The van der Waals surface area contributed by atoms with Gasteiger partial charge in [-0.15, -0.1) is 0 Å². The molecule has 2 aromatic rings. The Labute approximate surface area is 176 Å². The van der Waals surface area contributed by atoms with Crippen LogP contribution in [0.4, 0.5) is 5.69 Å². The SMILES string of the molecule is C=CCOc1ccc(Br)cc1[C@@H]1CN(C)[C@]2(C(=O)Nc3ccccc32)[C@H]1[N+](=O)[O-]. The van der Waals surface area contributed by atoms with Crippen molar-refractivity contribution in [1.29, 1.82) is 0 Å². The van der Waals surface area contributed by atoms with Crippen LogP contribution >= 0.6 is 15.9 Å². The summed E-state index contributed by atoms with van der Waals surface area (Å²) in [6.07, 6.45) is 1.62. The molecule has 150 valence electrons. The Morgan fingerprint density at radius 3 is 2.90 bits per heavy atom. The average molecular weight is 458 g/mol. The summed E-state index contributed by atoms with van der Waals surface area (Å²) < 4.78 is 6.58. The second kappa shape index (κ2) is 7.27. The summed E-state index contributed by atoms with van der Waals surface area (Å²) >= 11 is 3.46. The molecule has 2 aliphatic heterocycles. The van der Waals surface area contributed by atoms with Crippen molar-refractivity contribution in [2.75, 3.05) is 25.5 Å². The van der Waals surface area contributed by atoms with Crippen LogP contribution in [0.2, 0.25) is 0 Å². The number of ether oxygens (including phenoxy) is 1. The van der Waals surface area contributed by atoms with Gasteiger partial charge in [0.05, 0.1) is 5.92 Å². The number of anilines is 1. The predicted octanol–water partition coefficient (Wildman–Crippen LogP) is 3.54. The van der Waals surface area contributed by atoms with E-state index in [1.54, 1.807) is 48.4 Å². The van der Waals surface area contributed by atoms with Crippen molar-refractivity contribution in [2.24, 2.45) is 0 Å². The number of nitrogens with one attached hydrogen (secondary N) is 1. The van der Waals surface area contributed by atoms with Crippen LogP contribution in [0.3, 0.4) is 0 Å². The maximum Gasteiger partial charge on any atom is 0.256 e. The van der Waals surface area contributed by atoms with E-state index in [9.17, 15) is 14.9 Å². The number of amides is 1. The number of likely N-dealkylation sites (tertiary alicyclic amines) is 1. The van der Waals surface area contributed by atoms with Gasteiger partial charge in [-0.2, -0.15) is 0 Å². The van der Waals surface area contributed by atoms with Gasteiger partial charge in [-0.05, 0) is 31.3 Å². The third-order valence-electron chi connectivity index (χ3n) is 5.77. The van der Waals surface area contributed by atoms with Gasteiger partial charge in [0, 0.05) is 32.8 Å². The number of nitrogens with zero attached hydrogens (tertiary/aromatic N) is 2. The van der Waals surface area contributed by atoms with Crippen LogP contribution in [0.1, 0.15) is 17.0 Å². The lowest BCUT2D eigenvalue weighted by Crippen LogP contribution is -2.54. The first-order chi connectivity index (χ1) is 13.9. The monoisotopic (exact) mass is 457 g/mol. The number of para-hydroxylation sites is 1. The van der Waals surface area contributed by atoms with Crippen LogP contribution in [-0.2, 0) is 10.3 Å². The molecule has 29 heavy (non-hydrogen) atoms. The summed E-state index contributed by atoms with van der Waals surface area (Å²) in [7, 11) is 1.76.